The number of hydrogen-bond donors (Lipinski definition) is 1. The monoisotopic (exact) mass is 616 g/mol. The summed E-state index contributed by atoms with van der Waals surface area (Å²) in [7, 11) is 1.58. The van der Waals surface area contributed by atoms with Crippen molar-refractivity contribution in [3.05, 3.63) is 90.8 Å². The van der Waals surface area contributed by atoms with E-state index in [1.165, 1.54) is 0 Å². The van der Waals surface area contributed by atoms with Crippen molar-refractivity contribution in [1.82, 2.24) is 24.6 Å². The van der Waals surface area contributed by atoms with E-state index in [-0.39, 0.29) is 11.8 Å². The van der Waals surface area contributed by atoms with Gasteiger partial charge in [0.05, 0.1) is 24.0 Å². The van der Waals surface area contributed by atoms with Crippen LogP contribution in [0, 0.1) is 0 Å². The molecule has 45 heavy (non-hydrogen) atoms. The number of piperidine rings is 1. The van der Waals surface area contributed by atoms with Gasteiger partial charge in [-0.15, -0.1) is 11.3 Å². The number of pyridine rings is 2. The molecule has 224 valence electrons. The highest BCUT2D eigenvalue weighted by molar-refractivity contribution is 7.17. The molecule has 0 unspecified atom stereocenters. The first-order valence-electron chi connectivity index (χ1n) is 14.6. The Labute approximate surface area is 261 Å². The summed E-state index contributed by atoms with van der Waals surface area (Å²) in [6.07, 6.45) is 14.6. The highest BCUT2D eigenvalue weighted by Crippen LogP contribution is 2.40. The molecule has 6 aromatic heterocycles. The molecule has 0 atom stereocenters. The molecule has 0 radical (unpaired) electrons. The molecule has 0 bridgehead atoms. The fourth-order valence-corrected chi connectivity index (χ4v) is 6.94. The summed E-state index contributed by atoms with van der Waals surface area (Å²) in [6, 6.07) is 11.6. The summed E-state index contributed by atoms with van der Waals surface area (Å²) in [6.45, 7) is 1.61. The minimum atomic E-state index is -0.179. The minimum Gasteiger partial charge on any atom is -0.493 e. The summed E-state index contributed by atoms with van der Waals surface area (Å²) in [5, 5.41) is 9.64. The number of rotatable bonds is 7. The van der Waals surface area contributed by atoms with Gasteiger partial charge in [0.2, 0.25) is 5.78 Å². The predicted octanol–water partition coefficient (Wildman–Crippen LogP) is 7.34. The summed E-state index contributed by atoms with van der Waals surface area (Å²) in [5.41, 5.74) is 10.3. The Morgan fingerprint density at radius 1 is 1.07 bits per heavy atom. The number of carbonyl (C=O) groups is 1. The molecule has 0 spiro atoms. The number of hydrogen-bond acceptors (Lipinski definition) is 10. The molecule has 7 aromatic rings. The topological polar surface area (TPSA) is 125 Å². The number of ketones is 1. The van der Waals surface area contributed by atoms with Gasteiger partial charge in [-0.05, 0) is 37.1 Å². The second kappa shape index (κ2) is 10.9. The zero-order valence-corrected chi connectivity index (χ0v) is 25.2. The predicted molar refractivity (Wildman–Crippen MR) is 174 cm³/mol. The number of nitrogens with two attached hydrogens (primary N) is 1. The van der Waals surface area contributed by atoms with E-state index in [0.717, 1.165) is 69.2 Å². The molecule has 1 saturated heterocycles. The molecular formula is C34H28N6O4S. The maximum absolute atomic E-state index is 12.8. The summed E-state index contributed by atoms with van der Waals surface area (Å²) < 4.78 is 20.5. The number of methoxy groups -OCH3 is 1. The van der Waals surface area contributed by atoms with Crippen LogP contribution in [0.4, 0.5) is 5.82 Å². The van der Waals surface area contributed by atoms with E-state index in [2.05, 4.69) is 26.4 Å². The lowest BCUT2D eigenvalue weighted by molar-refractivity contribution is 0.102. The number of likely N-dealkylation sites (tertiary alicyclic amines) is 1. The molecular weight excluding hydrogens is 588 g/mol. The Morgan fingerprint density at radius 3 is 2.82 bits per heavy atom. The molecule has 0 aliphatic carbocycles. The van der Waals surface area contributed by atoms with Crippen LogP contribution >= 0.6 is 11.3 Å². The molecule has 1 fully saturated rings. The lowest BCUT2D eigenvalue weighted by atomic mass is 10.0. The van der Waals surface area contributed by atoms with Crippen molar-refractivity contribution < 1.29 is 18.4 Å². The first kappa shape index (κ1) is 27.2. The normalized spacial score (nSPS) is 14.4. The highest BCUT2D eigenvalue weighted by Gasteiger charge is 2.22. The lowest BCUT2D eigenvalue weighted by Gasteiger charge is -2.31. The number of benzene rings is 1. The van der Waals surface area contributed by atoms with Gasteiger partial charge in [-0.1, -0.05) is 12.1 Å². The number of thiophene rings is 1. The highest BCUT2D eigenvalue weighted by atomic mass is 32.1. The first-order valence-corrected chi connectivity index (χ1v) is 15.5. The number of anilines is 1. The molecule has 2 N–H and O–H groups in total. The Kier molecular flexibility index (Phi) is 6.60. The molecule has 11 heteroatoms. The van der Waals surface area contributed by atoms with E-state index in [0.29, 0.717) is 28.5 Å². The second-order valence-corrected chi connectivity index (χ2v) is 12.0. The van der Waals surface area contributed by atoms with Crippen LogP contribution in [0.25, 0.3) is 54.5 Å². The van der Waals surface area contributed by atoms with Gasteiger partial charge in [0.15, 0.2) is 28.5 Å². The molecule has 1 aromatic carbocycles. The maximum atomic E-state index is 12.8. The number of nitrogens with zero attached hydrogens (tertiary/aromatic N) is 5. The smallest absolute Gasteiger partial charge is 0.222 e. The number of nitrogen functional groups attached to an aromatic ring is 1. The number of ether oxygens (including phenoxy) is 1. The van der Waals surface area contributed by atoms with Gasteiger partial charge in [0.1, 0.15) is 5.76 Å². The van der Waals surface area contributed by atoms with Gasteiger partial charge >= 0.3 is 0 Å². The van der Waals surface area contributed by atoms with Crippen molar-refractivity contribution in [1.29, 1.82) is 0 Å². The van der Waals surface area contributed by atoms with Gasteiger partial charge in [-0.25, -0.2) is 4.98 Å². The van der Waals surface area contributed by atoms with E-state index >= 15 is 0 Å². The molecule has 1 aliphatic rings. The van der Waals surface area contributed by atoms with Crippen molar-refractivity contribution in [2.75, 3.05) is 25.9 Å². The molecule has 0 saturated carbocycles. The zero-order valence-electron chi connectivity index (χ0n) is 24.3. The van der Waals surface area contributed by atoms with Crippen LogP contribution in [-0.2, 0) is 0 Å². The fourth-order valence-electron chi connectivity index (χ4n) is 6.03. The van der Waals surface area contributed by atoms with Crippen molar-refractivity contribution in [2.24, 2.45) is 0 Å². The zero-order chi connectivity index (χ0) is 30.5. The second-order valence-electron chi connectivity index (χ2n) is 11.1. The molecule has 8 rings (SSSR count). The minimum absolute atomic E-state index is 0.179. The number of fused-ring (bicyclic) bond motifs is 3. The molecule has 0 amide bonds. The Balaban J connectivity index is 0.971. The van der Waals surface area contributed by atoms with Crippen LogP contribution in [-0.4, -0.2) is 50.6 Å². The van der Waals surface area contributed by atoms with Crippen molar-refractivity contribution >= 4 is 55.0 Å². The Bertz CT molecular complexity index is 2230. The Morgan fingerprint density at radius 2 is 1.96 bits per heavy atom. The maximum Gasteiger partial charge on any atom is 0.222 e. The number of para-hydroxylation sites is 1. The average molecular weight is 617 g/mol. The number of furan rings is 2. The van der Waals surface area contributed by atoms with Crippen molar-refractivity contribution in [2.45, 2.75) is 18.9 Å². The van der Waals surface area contributed by atoms with Crippen LogP contribution in [0.2, 0.25) is 0 Å². The molecule has 7 heterocycles. The van der Waals surface area contributed by atoms with Gasteiger partial charge in [0.25, 0.3) is 0 Å². The largest absolute Gasteiger partial charge is 0.493 e. The number of allylic oxidation sites excluding steroid dienone is 1. The summed E-state index contributed by atoms with van der Waals surface area (Å²) in [5.74, 6) is 1.82. The van der Waals surface area contributed by atoms with Gasteiger partial charge in [-0.2, -0.15) is 5.10 Å². The third-order valence-corrected chi connectivity index (χ3v) is 9.36. The van der Waals surface area contributed by atoms with E-state index < -0.39 is 0 Å². The van der Waals surface area contributed by atoms with Crippen LogP contribution in [0.1, 0.15) is 29.4 Å². The third-order valence-electron chi connectivity index (χ3n) is 8.42. The average Bonchev–Trinajstić information content (AvgIpc) is 3.89. The Hall–Kier alpha value is -5.42. The fraction of sp³-hybridized carbons (Fsp3) is 0.176. The van der Waals surface area contributed by atoms with Crippen molar-refractivity contribution in [3.8, 4) is 28.2 Å². The van der Waals surface area contributed by atoms with Crippen LogP contribution in [0.15, 0.2) is 93.9 Å². The quantitative estimate of drug-likeness (QED) is 0.145. The summed E-state index contributed by atoms with van der Waals surface area (Å²) in [4.78, 5) is 23.7. The van der Waals surface area contributed by atoms with Crippen LogP contribution < -0.4 is 10.5 Å². The number of aromatic nitrogens is 4. The third kappa shape index (κ3) is 4.81. The van der Waals surface area contributed by atoms with E-state index in [4.69, 9.17) is 24.4 Å². The number of carbonyl (C=O) groups excluding carboxylic acids is 1. The van der Waals surface area contributed by atoms with Crippen molar-refractivity contribution in [3.63, 3.8) is 0 Å². The van der Waals surface area contributed by atoms with Gasteiger partial charge < -0.3 is 24.2 Å². The standard InChI is InChI=1S/C34H28N6O4S/c1-42-28-4-2-3-20-13-30(44-32(20)28)27(41)8-12-39-10-6-22(7-11-39)40-18-21(15-38-40)25-16-37-34(35)33-24(25)14-29(43-33)26-19-45-31-17-36-9-5-23(26)31/h2-5,8-9,12-19,22H,6-7,10-11H2,1H3,(H2,35,37). The van der Waals surface area contributed by atoms with E-state index in [1.54, 1.807) is 43.0 Å². The van der Waals surface area contributed by atoms with E-state index in [1.807, 2.05) is 53.6 Å². The molecule has 10 nitrogen and oxygen atoms in total. The SMILES string of the molecule is COc1cccc2cc(C(=O)C=CN3CCC(n4cc(-c5cnc(N)c6oc(-c7csc8cnccc78)cc56)cn4)CC3)oc12. The first-order chi connectivity index (χ1) is 22.1. The lowest BCUT2D eigenvalue weighted by Crippen LogP contribution is -2.31. The van der Waals surface area contributed by atoms with E-state index in [9.17, 15) is 4.79 Å². The molecule has 1 aliphatic heterocycles. The van der Waals surface area contributed by atoms with Gasteiger partial charge in [0, 0.05) is 88.4 Å². The van der Waals surface area contributed by atoms with Gasteiger partial charge in [-0.3, -0.25) is 14.5 Å². The van der Waals surface area contributed by atoms with Crippen LogP contribution in [0.5, 0.6) is 5.75 Å². The van der Waals surface area contributed by atoms with Crippen LogP contribution in [0.3, 0.4) is 0 Å². The summed E-state index contributed by atoms with van der Waals surface area (Å²) >= 11 is 1.63.